The third kappa shape index (κ3) is 4.56. The van der Waals surface area contributed by atoms with Gasteiger partial charge in [0.15, 0.2) is 0 Å². The largest absolute Gasteiger partial charge is 0.494 e. The first kappa shape index (κ1) is 11.7. The van der Waals surface area contributed by atoms with E-state index in [1.165, 1.54) is 5.56 Å². The fraction of sp³-hybridized carbons (Fsp3) is 0.429. The highest BCUT2D eigenvalue weighted by Gasteiger charge is 1.93. The number of aryl methyl sites for hydroxylation is 1. The second-order valence-electron chi connectivity index (χ2n) is 3.51. The van der Waals surface area contributed by atoms with Gasteiger partial charge >= 0.3 is 0 Å². The van der Waals surface area contributed by atoms with E-state index in [4.69, 9.17) is 11.2 Å². The second-order valence-corrected chi connectivity index (χ2v) is 3.51. The fourth-order valence-electron chi connectivity index (χ4n) is 1.34. The summed E-state index contributed by atoms with van der Waals surface area (Å²) in [5, 5.41) is 0. The average molecular weight is 202 g/mol. The van der Waals surface area contributed by atoms with Gasteiger partial charge in [-0.2, -0.15) is 0 Å². The smallest absolute Gasteiger partial charge is 0.119 e. The van der Waals surface area contributed by atoms with Gasteiger partial charge in [-0.05, 0) is 37.0 Å². The third-order valence-corrected chi connectivity index (χ3v) is 2.32. The number of rotatable bonds is 6. The molecule has 1 aromatic carbocycles. The minimum atomic E-state index is 0.757. The maximum Gasteiger partial charge on any atom is 0.119 e. The van der Waals surface area contributed by atoms with Gasteiger partial charge in [-0.1, -0.05) is 19.1 Å². The number of ether oxygens (including phenoxy) is 1. The lowest BCUT2D eigenvalue weighted by molar-refractivity contribution is 0.307. The molecule has 0 amide bonds. The van der Waals surface area contributed by atoms with Gasteiger partial charge in [0.2, 0.25) is 0 Å². The zero-order chi connectivity index (χ0) is 10.9. The summed E-state index contributed by atoms with van der Waals surface area (Å²) >= 11 is 0. The van der Waals surface area contributed by atoms with Crippen molar-refractivity contribution in [3.05, 3.63) is 29.8 Å². The predicted octanol–water partition coefficient (Wildman–Crippen LogP) is 3.43. The zero-order valence-corrected chi connectivity index (χ0v) is 9.33. The van der Waals surface area contributed by atoms with Crippen molar-refractivity contribution in [2.24, 2.45) is 0 Å². The van der Waals surface area contributed by atoms with Gasteiger partial charge in [0, 0.05) is 6.42 Å². The van der Waals surface area contributed by atoms with E-state index >= 15 is 0 Å². The molecule has 0 saturated heterocycles. The van der Waals surface area contributed by atoms with Crippen LogP contribution in [0, 0.1) is 12.3 Å². The Kier molecular flexibility index (Phi) is 5.40. The molecule has 0 N–H and O–H groups in total. The first-order chi connectivity index (χ1) is 7.36. The van der Waals surface area contributed by atoms with E-state index in [0.717, 1.165) is 38.0 Å². The number of unbranched alkanes of at least 4 members (excludes halogenated alkanes) is 2. The predicted molar refractivity (Wildman–Crippen MR) is 64.0 cm³/mol. The minimum Gasteiger partial charge on any atom is -0.494 e. The molecule has 0 aromatic heterocycles. The number of terminal acetylenes is 1. The molecule has 0 bridgehead atoms. The highest BCUT2D eigenvalue weighted by Crippen LogP contribution is 2.12. The summed E-state index contributed by atoms with van der Waals surface area (Å²) in [6.07, 6.45) is 9.15. The van der Waals surface area contributed by atoms with Crippen LogP contribution in [0.25, 0.3) is 0 Å². The molecule has 1 heteroatoms. The van der Waals surface area contributed by atoms with Crippen molar-refractivity contribution in [3.8, 4) is 18.1 Å². The van der Waals surface area contributed by atoms with Gasteiger partial charge in [0.1, 0.15) is 5.75 Å². The van der Waals surface area contributed by atoms with Gasteiger partial charge < -0.3 is 4.74 Å². The summed E-state index contributed by atoms with van der Waals surface area (Å²) in [5.74, 6) is 3.58. The van der Waals surface area contributed by atoms with Crippen molar-refractivity contribution in [3.63, 3.8) is 0 Å². The van der Waals surface area contributed by atoms with E-state index in [1.54, 1.807) is 0 Å². The Hall–Kier alpha value is -1.42. The van der Waals surface area contributed by atoms with Crippen LogP contribution in [0.1, 0.15) is 31.7 Å². The maximum atomic E-state index is 5.58. The van der Waals surface area contributed by atoms with E-state index in [-0.39, 0.29) is 0 Å². The van der Waals surface area contributed by atoms with Gasteiger partial charge in [0.05, 0.1) is 6.61 Å². The summed E-state index contributed by atoms with van der Waals surface area (Å²) in [6, 6.07) is 8.27. The Bertz CT molecular complexity index is 305. The van der Waals surface area contributed by atoms with Crippen LogP contribution in [0.2, 0.25) is 0 Å². The maximum absolute atomic E-state index is 5.58. The van der Waals surface area contributed by atoms with Crippen molar-refractivity contribution in [1.29, 1.82) is 0 Å². The van der Waals surface area contributed by atoms with Crippen molar-refractivity contribution in [2.45, 2.75) is 32.6 Å². The molecule has 0 atom stereocenters. The van der Waals surface area contributed by atoms with E-state index in [1.807, 2.05) is 12.1 Å². The van der Waals surface area contributed by atoms with Crippen LogP contribution in [-0.2, 0) is 6.42 Å². The van der Waals surface area contributed by atoms with Crippen molar-refractivity contribution < 1.29 is 4.74 Å². The molecule has 0 aliphatic heterocycles. The molecule has 0 fully saturated rings. The Morgan fingerprint density at radius 3 is 2.53 bits per heavy atom. The molecular formula is C14H18O. The molecule has 0 aliphatic carbocycles. The lowest BCUT2D eigenvalue weighted by Gasteiger charge is -2.05. The van der Waals surface area contributed by atoms with Crippen molar-refractivity contribution >= 4 is 0 Å². The number of hydrogen-bond acceptors (Lipinski definition) is 1. The Labute approximate surface area is 92.5 Å². The first-order valence-corrected chi connectivity index (χ1v) is 5.52. The molecule has 80 valence electrons. The molecule has 0 saturated carbocycles. The monoisotopic (exact) mass is 202 g/mol. The number of benzene rings is 1. The van der Waals surface area contributed by atoms with Gasteiger partial charge in [0.25, 0.3) is 0 Å². The van der Waals surface area contributed by atoms with Crippen molar-refractivity contribution in [2.75, 3.05) is 6.61 Å². The lowest BCUT2D eigenvalue weighted by atomic mass is 10.2. The minimum absolute atomic E-state index is 0.757. The van der Waals surface area contributed by atoms with E-state index < -0.39 is 0 Å². The van der Waals surface area contributed by atoms with Gasteiger partial charge in [-0.3, -0.25) is 0 Å². The molecule has 0 radical (unpaired) electrons. The Balaban J connectivity index is 2.23. The molecule has 0 aliphatic rings. The van der Waals surface area contributed by atoms with Gasteiger partial charge in [-0.15, -0.1) is 12.3 Å². The van der Waals surface area contributed by atoms with Crippen LogP contribution in [0.5, 0.6) is 5.75 Å². The topological polar surface area (TPSA) is 9.23 Å². The van der Waals surface area contributed by atoms with Crippen LogP contribution >= 0.6 is 0 Å². The van der Waals surface area contributed by atoms with Crippen molar-refractivity contribution in [1.82, 2.24) is 0 Å². The van der Waals surface area contributed by atoms with Crippen LogP contribution in [0.4, 0.5) is 0 Å². The fourth-order valence-corrected chi connectivity index (χ4v) is 1.34. The molecule has 15 heavy (non-hydrogen) atoms. The zero-order valence-electron chi connectivity index (χ0n) is 9.33. The normalized spacial score (nSPS) is 9.60. The quantitative estimate of drug-likeness (QED) is 0.507. The summed E-state index contributed by atoms with van der Waals surface area (Å²) in [5.41, 5.74) is 1.34. The highest BCUT2D eigenvalue weighted by atomic mass is 16.5. The molecule has 1 nitrogen and oxygen atoms in total. The molecular weight excluding hydrogens is 184 g/mol. The SMILES string of the molecule is C#CCCCCOc1ccc(CC)cc1. The average Bonchev–Trinajstić information content (AvgIpc) is 2.30. The summed E-state index contributed by atoms with van der Waals surface area (Å²) in [4.78, 5) is 0. The highest BCUT2D eigenvalue weighted by molar-refractivity contribution is 5.27. The van der Waals surface area contributed by atoms with Crippen LogP contribution in [-0.4, -0.2) is 6.61 Å². The molecule has 0 heterocycles. The van der Waals surface area contributed by atoms with E-state index in [9.17, 15) is 0 Å². The Morgan fingerprint density at radius 1 is 1.20 bits per heavy atom. The van der Waals surface area contributed by atoms with Gasteiger partial charge in [-0.25, -0.2) is 0 Å². The summed E-state index contributed by atoms with van der Waals surface area (Å²) in [7, 11) is 0. The summed E-state index contributed by atoms with van der Waals surface area (Å²) < 4.78 is 5.58. The molecule has 0 unspecified atom stereocenters. The first-order valence-electron chi connectivity index (χ1n) is 5.52. The molecule has 1 rings (SSSR count). The third-order valence-electron chi connectivity index (χ3n) is 2.32. The van der Waals surface area contributed by atoms with E-state index in [0.29, 0.717) is 0 Å². The van der Waals surface area contributed by atoms with Crippen LogP contribution < -0.4 is 4.74 Å². The summed E-state index contributed by atoms with van der Waals surface area (Å²) in [6.45, 7) is 2.91. The van der Waals surface area contributed by atoms with Crippen LogP contribution in [0.3, 0.4) is 0 Å². The Morgan fingerprint density at radius 2 is 1.93 bits per heavy atom. The second kappa shape index (κ2) is 6.95. The van der Waals surface area contributed by atoms with E-state index in [2.05, 4.69) is 25.0 Å². The number of hydrogen-bond donors (Lipinski definition) is 0. The molecule has 0 spiro atoms. The molecule has 1 aromatic rings. The lowest BCUT2D eigenvalue weighted by Crippen LogP contribution is -1.96. The van der Waals surface area contributed by atoms with Crippen LogP contribution in [0.15, 0.2) is 24.3 Å². The standard InChI is InChI=1S/C14H18O/c1-3-5-6-7-12-15-14-10-8-13(4-2)9-11-14/h1,8-11H,4-7,12H2,2H3.